The SMILES string of the molecule is CCC(C)(CC)C(CC)(CC)CN. The third-order valence-electron chi connectivity index (χ3n) is 4.59. The highest BCUT2D eigenvalue weighted by Crippen LogP contribution is 2.48. The van der Waals surface area contributed by atoms with Crippen molar-refractivity contribution in [1.29, 1.82) is 0 Å². The van der Waals surface area contributed by atoms with Gasteiger partial charge in [0.1, 0.15) is 0 Å². The molecule has 1 nitrogen and oxygen atoms in total. The summed E-state index contributed by atoms with van der Waals surface area (Å²) in [6.45, 7) is 12.4. The van der Waals surface area contributed by atoms with Gasteiger partial charge in [-0.05, 0) is 30.2 Å². The lowest BCUT2D eigenvalue weighted by Gasteiger charge is -2.47. The highest BCUT2D eigenvalue weighted by atomic mass is 14.6. The van der Waals surface area contributed by atoms with Crippen LogP contribution < -0.4 is 5.73 Å². The van der Waals surface area contributed by atoms with E-state index in [1.165, 1.54) is 25.7 Å². The molecule has 0 fully saturated rings. The summed E-state index contributed by atoms with van der Waals surface area (Å²) >= 11 is 0. The third kappa shape index (κ3) is 2.07. The van der Waals surface area contributed by atoms with E-state index in [1.807, 2.05) is 0 Å². The lowest BCUT2D eigenvalue weighted by atomic mass is 9.59. The van der Waals surface area contributed by atoms with Crippen molar-refractivity contribution in [3.8, 4) is 0 Å². The van der Waals surface area contributed by atoms with Gasteiger partial charge >= 0.3 is 0 Å². The fourth-order valence-corrected chi connectivity index (χ4v) is 2.64. The predicted molar refractivity (Wildman–Crippen MR) is 60.8 cm³/mol. The zero-order valence-corrected chi connectivity index (χ0v) is 10.1. The third-order valence-corrected chi connectivity index (χ3v) is 4.59. The largest absolute Gasteiger partial charge is 0.330 e. The van der Waals surface area contributed by atoms with E-state index in [-0.39, 0.29) is 0 Å². The molecule has 0 aliphatic carbocycles. The van der Waals surface area contributed by atoms with Crippen molar-refractivity contribution in [2.75, 3.05) is 6.54 Å². The molecular formula is C12H27N. The highest BCUT2D eigenvalue weighted by Gasteiger charge is 2.41. The van der Waals surface area contributed by atoms with Crippen LogP contribution in [0.4, 0.5) is 0 Å². The van der Waals surface area contributed by atoms with E-state index in [4.69, 9.17) is 5.73 Å². The van der Waals surface area contributed by atoms with Crippen LogP contribution in [0.15, 0.2) is 0 Å². The van der Waals surface area contributed by atoms with Crippen LogP contribution in [0.3, 0.4) is 0 Å². The van der Waals surface area contributed by atoms with Gasteiger partial charge in [0, 0.05) is 0 Å². The zero-order chi connectivity index (χ0) is 10.5. The Morgan fingerprint density at radius 1 is 0.846 bits per heavy atom. The lowest BCUT2D eigenvalue weighted by Crippen LogP contribution is -2.44. The fraction of sp³-hybridized carbons (Fsp3) is 1.00. The maximum absolute atomic E-state index is 5.97. The molecule has 0 aliphatic heterocycles. The van der Waals surface area contributed by atoms with Gasteiger partial charge in [-0.1, -0.05) is 47.5 Å². The average Bonchev–Trinajstić information content (AvgIpc) is 2.20. The van der Waals surface area contributed by atoms with E-state index in [0.717, 1.165) is 6.54 Å². The van der Waals surface area contributed by atoms with Crippen molar-refractivity contribution in [1.82, 2.24) is 0 Å². The van der Waals surface area contributed by atoms with Crippen molar-refractivity contribution in [2.24, 2.45) is 16.6 Å². The van der Waals surface area contributed by atoms with Crippen LogP contribution in [-0.4, -0.2) is 6.54 Å². The Labute approximate surface area is 84.1 Å². The normalized spacial score (nSPS) is 13.4. The van der Waals surface area contributed by atoms with Crippen molar-refractivity contribution < 1.29 is 0 Å². The van der Waals surface area contributed by atoms with E-state index in [0.29, 0.717) is 10.8 Å². The van der Waals surface area contributed by atoms with Gasteiger partial charge in [0.15, 0.2) is 0 Å². The molecule has 0 aromatic heterocycles. The molecule has 0 saturated carbocycles. The Hall–Kier alpha value is -0.0400. The molecule has 0 aliphatic rings. The molecule has 0 rings (SSSR count). The molecule has 0 spiro atoms. The summed E-state index contributed by atoms with van der Waals surface area (Å²) in [4.78, 5) is 0. The van der Waals surface area contributed by atoms with Crippen LogP contribution in [0, 0.1) is 10.8 Å². The van der Waals surface area contributed by atoms with Crippen LogP contribution in [0.25, 0.3) is 0 Å². The van der Waals surface area contributed by atoms with Crippen molar-refractivity contribution in [3.63, 3.8) is 0 Å². The Bertz CT molecular complexity index is 124. The first-order valence-corrected chi connectivity index (χ1v) is 5.75. The van der Waals surface area contributed by atoms with Gasteiger partial charge in [0.25, 0.3) is 0 Å². The topological polar surface area (TPSA) is 26.0 Å². The molecule has 0 aromatic carbocycles. The molecule has 0 aromatic rings. The first-order valence-electron chi connectivity index (χ1n) is 5.75. The Morgan fingerprint density at radius 3 is 1.31 bits per heavy atom. The van der Waals surface area contributed by atoms with Crippen molar-refractivity contribution >= 4 is 0 Å². The van der Waals surface area contributed by atoms with Gasteiger partial charge in [-0.15, -0.1) is 0 Å². The lowest BCUT2D eigenvalue weighted by molar-refractivity contribution is 0.0395. The number of nitrogens with two attached hydrogens (primary N) is 1. The Balaban J connectivity index is 4.87. The molecule has 0 saturated heterocycles. The first kappa shape index (κ1) is 13.0. The van der Waals surface area contributed by atoms with Gasteiger partial charge in [0.2, 0.25) is 0 Å². The van der Waals surface area contributed by atoms with Crippen molar-refractivity contribution in [3.05, 3.63) is 0 Å². The van der Waals surface area contributed by atoms with Gasteiger partial charge in [-0.3, -0.25) is 0 Å². The van der Waals surface area contributed by atoms with Crippen molar-refractivity contribution in [2.45, 2.75) is 60.3 Å². The molecule has 0 unspecified atom stereocenters. The quantitative estimate of drug-likeness (QED) is 0.672. The van der Waals surface area contributed by atoms with Crippen LogP contribution in [0.2, 0.25) is 0 Å². The standard InChI is InChI=1S/C12H27N/c1-6-11(5,7-2)12(8-3,9-4)10-13/h6-10,13H2,1-5H3. The average molecular weight is 185 g/mol. The summed E-state index contributed by atoms with van der Waals surface area (Å²) in [6, 6.07) is 0. The molecule has 0 radical (unpaired) electrons. The minimum absolute atomic E-state index is 0.358. The molecule has 1 heteroatoms. The summed E-state index contributed by atoms with van der Waals surface area (Å²) in [5, 5.41) is 0. The summed E-state index contributed by atoms with van der Waals surface area (Å²) in [7, 11) is 0. The second-order valence-corrected chi connectivity index (χ2v) is 4.46. The van der Waals surface area contributed by atoms with E-state index in [9.17, 15) is 0 Å². The van der Waals surface area contributed by atoms with E-state index in [2.05, 4.69) is 34.6 Å². The van der Waals surface area contributed by atoms with Gasteiger partial charge < -0.3 is 5.73 Å². The van der Waals surface area contributed by atoms with E-state index < -0.39 is 0 Å². The molecular weight excluding hydrogens is 158 g/mol. The maximum atomic E-state index is 5.97. The first-order chi connectivity index (χ1) is 6.05. The molecule has 0 atom stereocenters. The van der Waals surface area contributed by atoms with Gasteiger partial charge in [-0.25, -0.2) is 0 Å². The Kier molecular flexibility index (Phi) is 4.98. The minimum Gasteiger partial charge on any atom is -0.330 e. The molecule has 80 valence electrons. The number of hydrogen-bond donors (Lipinski definition) is 1. The summed E-state index contributed by atoms with van der Waals surface area (Å²) in [5.74, 6) is 0. The summed E-state index contributed by atoms with van der Waals surface area (Å²) < 4.78 is 0. The smallest absolute Gasteiger partial charge is 0.00155 e. The highest BCUT2D eigenvalue weighted by molar-refractivity contribution is 4.93. The van der Waals surface area contributed by atoms with Crippen LogP contribution in [0.5, 0.6) is 0 Å². The second-order valence-electron chi connectivity index (χ2n) is 4.46. The van der Waals surface area contributed by atoms with E-state index >= 15 is 0 Å². The number of rotatable bonds is 6. The van der Waals surface area contributed by atoms with Gasteiger partial charge in [-0.2, -0.15) is 0 Å². The predicted octanol–water partition coefficient (Wildman–Crippen LogP) is 3.58. The maximum Gasteiger partial charge on any atom is -0.00155 e. The van der Waals surface area contributed by atoms with E-state index in [1.54, 1.807) is 0 Å². The molecule has 13 heavy (non-hydrogen) atoms. The van der Waals surface area contributed by atoms with Crippen LogP contribution >= 0.6 is 0 Å². The zero-order valence-electron chi connectivity index (χ0n) is 10.1. The molecule has 0 amide bonds. The number of hydrogen-bond acceptors (Lipinski definition) is 1. The molecule has 0 bridgehead atoms. The van der Waals surface area contributed by atoms with Crippen LogP contribution in [-0.2, 0) is 0 Å². The Morgan fingerprint density at radius 2 is 1.23 bits per heavy atom. The molecule has 0 heterocycles. The second kappa shape index (κ2) is 4.99. The fourth-order valence-electron chi connectivity index (χ4n) is 2.64. The summed E-state index contributed by atoms with van der Waals surface area (Å²) in [6.07, 6.45) is 4.89. The minimum atomic E-state index is 0.358. The molecule has 2 N–H and O–H groups in total. The van der Waals surface area contributed by atoms with Gasteiger partial charge in [0.05, 0.1) is 0 Å². The monoisotopic (exact) mass is 185 g/mol. The van der Waals surface area contributed by atoms with Crippen LogP contribution in [0.1, 0.15) is 60.3 Å². The summed E-state index contributed by atoms with van der Waals surface area (Å²) in [5.41, 5.74) is 6.75.